The van der Waals surface area contributed by atoms with Gasteiger partial charge in [-0.15, -0.1) is 11.3 Å². The zero-order valence-electron chi connectivity index (χ0n) is 14.6. The Balaban J connectivity index is 1.57. The van der Waals surface area contributed by atoms with Crippen molar-refractivity contribution in [3.8, 4) is 22.8 Å². The van der Waals surface area contributed by atoms with Crippen LogP contribution in [-0.4, -0.2) is 30.1 Å². The van der Waals surface area contributed by atoms with Crippen molar-refractivity contribution in [2.75, 3.05) is 19.5 Å². The molecule has 0 bridgehead atoms. The molecular formula is C19H19N3O3S. The number of methoxy groups -OCH3 is 2. The highest BCUT2D eigenvalue weighted by molar-refractivity contribution is 7.14. The van der Waals surface area contributed by atoms with Crippen molar-refractivity contribution in [3.63, 3.8) is 0 Å². The number of ether oxygens (including phenoxy) is 2. The van der Waals surface area contributed by atoms with Gasteiger partial charge in [-0.1, -0.05) is 6.07 Å². The second kappa shape index (κ2) is 8.44. The zero-order chi connectivity index (χ0) is 18.4. The van der Waals surface area contributed by atoms with Crippen molar-refractivity contribution < 1.29 is 14.3 Å². The highest BCUT2D eigenvalue weighted by atomic mass is 32.1. The molecule has 134 valence electrons. The lowest BCUT2D eigenvalue weighted by atomic mass is 10.1. The third-order valence-corrected chi connectivity index (χ3v) is 4.57. The van der Waals surface area contributed by atoms with Gasteiger partial charge < -0.3 is 14.8 Å². The number of thiazole rings is 1. The second-order valence-electron chi connectivity index (χ2n) is 5.51. The van der Waals surface area contributed by atoms with E-state index in [0.29, 0.717) is 29.5 Å². The van der Waals surface area contributed by atoms with Crippen molar-refractivity contribution in [2.24, 2.45) is 0 Å². The van der Waals surface area contributed by atoms with Crippen LogP contribution in [0, 0.1) is 0 Å². The van der Waals surface area contributed by atoms with Gasteiger partial charge >= 0.3 is 0 Å². The van der Waals surface area contributed by atoms with Crippen LogP contribution in [0.3, 0.4) is 0 Å². The Morgan fingerprint density at radius 2 is 1.88 bits per heavy atom. The van der Waals surface area contributed by atoms with E-state index in [4.69, 9.17) is 9.47 Å². The molecule has 0 aliphatic rings. The van der Waals surface area contributed by atoms with Gasteiger partial charge in [0.1, 0.15) is 0 Å². The molecule has 0 saturated carbocycles. The fourth-order valence-corrected chi connectivity index (χ4v) is 3.20. The summed E-state index contributed by atoms with van der Waals surface area (Å²) in [6, 6.07) is 9.43. The van der Waals surface area contributed by atoms with E-state index in [0.717, 1.165) is 16.8 Å². The van der Waals surface area contributed by atoms with Gasteiger partial charge in [0, 0.05) is 29.8 Å². The maximum Gasteiger partial charge on any atom is 0.226 e. The van der Waals surface area contributed by atoms with Gasteiger partial charge in [0.05, 0.1) is 19.9 Å². The molecule has 1 N–H and O–H groups in total. The van der Waals surface area contributed by atoms with Crippen LogP contribution in [0.5, 0.6) is 11.5 Å². The topological polar surface area (TPSA) is 73.3 Å². The number of nitrogens with one attached hydrogen (secondary N) is 1. The van der Waals surface area contributed by atoms with E-state index in [1.54, 1.807) is 26.6 Å². The van der Waals surface area contributed by atoms with Crippen molar-refractivity contribution in [1.29, 1.82) is 0 Å². The third-order valence-electron chi connectivity index (χ3n) is 3.82. The predicted molar refractivity (Wildman–Crippen MR) is 102 cm³/mol. The fourth-order valence-electron chi connectivity index (χ4n) is 2.46. The first kappa shape index (κ1) is 17.9. The number of aromatic nitrogens is 2. The van der Waals surface area contributed by atoms with Gasteiger partial charge in [-0.05, 0) is 36.2 Å². The third kappa shape index (κ3) is 4.37. The van der Waals surface area contributed by atoms with Gasteiger partial charge in [-0.25, -0.2) is 4.98 Å². The number of pyridine rings is 1. The van der Waals surface area contributed by atoms with Crippen LogP contribution < -0.4 is 14.8 Å². The Morgan fingerprint density at radius 3 is 2.62 bits per heavy atom. The van der Waals surface area contributed by atoms with Crippen LogP contribution in [0.15, 0.2) is 48.1 Å². The van der Waals surface area contributed by atoms with E-state index in [-0.39, 0.29) is 5.91 Å². The monoisotopic (exact) mass is 369 g/mol. The number of carbonyl (C=O) groups is 1. The van der Waals surface area contributed by atoms with Gasteiger partial charge in [0.15, 0.2) is 16.6 Å². The largest absolute Gasteiger partial charge is 0.493 e. The minimum absolute atomic E-state index is 0.0737. The van der Waals surface area contributed by atoms with Crippen molar-refractivity contribution in [2.45, 2.75) is 12.8 Å². The number of hydrogen-bond donors (Lipinski definition) is 1. The standard InChI is InChI=1S/C19H19N3O3S/c1-24-16-5-3-13(11-17(16)25-2)4-6-18(23)22-19-21-15(12-26-19)14-7-9-20-10-8-14/h3,5,7-12H,4,6H2,1-2H3,(H,21,22,23). The lowest BCUT2D eigenvalue weighted by molar-refractivity contribution is -0.116. The van der Waals surface area contributed by atoms with Crippen LogP contribution in [-0.2, 0) is 11.2 Å². The number of hydrogen-bond acceptors (Lipinski definition) is 6. The van der Waals surface area contributed by atoms with E-state index >= 15 is 0 Å². The van der Waals surface area contributed by atoms with E-state index < -0.39 is 0 Å². The first-order valence-corrected chi connectivity index (χ1v) is 8.94. The molecule has 0 atom stereocenters. The molecule has 0 fully saturated rings. The number of carbonyl (C=O) groups excluding carboxylic acids is 1. The molecule has 3 aromatic rings. The maximum atomic E-state index is 12.2. The Morgan fingerprint density at radius 1 is 1.12 bits per heavy atom. The van der Waals surface area contributed by atoms with Gasteiger partial charge in [0.2, 0.25) is 5.91 Å². The Bertz CT molecular complexity index is 881. The van der Waals surface area contributed by atoms with Crippen molar-refractivity contribution >= 4 is 22.4 Å². The van der Waals surface area contributed by atoms with Gasteiger partial charge in [0.25, 0.3) is 0 Å². The number of amides is 1. The highest BCUT2D eigenvalue weighted by Crippen LogP contribution is 2.28. The molecule has 1 amide bonds. The van der Waals surface area contributed by atoms with Crippen LogP contribution in [0.1, 0.15) is 12.0 Å². The summed E-state index contributed by atoms with van der Waals surface area (Å²) in [6.07, 6.45) is 4.40. The molecule has 7 heteroatoms. The van der Waals surface area contributed by atoms with Crippen LogP contribution in [0.25, 0.3) is 11.3 Å². The Hall–Kier alpha value is -2.93. The highest BCUT2D eigenvalue weighted by Gasteiger charge is 2.10. The lowest BCUT2D eigenvalue weighted by Crippen LogP contribution is -2.12. The van der Waals surface area contributed by atoms with Gasteiger partial charge in [-0.2, -0.15) is 0 Å². The molecule has 0 aliphatic heterocycles. The van der Waals surface area contributed by atoms with E-state index in [1.807, 2.05) is 35.7 Å². The molecule has 0 unspecified atom stereocenters. The maximum absolute atomic E-state index is 12.2. The first-order chi connectivity index (χ1) is 12.7. The Labute approximate surface area is 155 Å². The summed E-state index contributed by atoms with van der Waals surface area (Å²) in [6.45, 7) is 0. The summed E-state index contributed by atoms with van der Waals surface area (Å²) >= 11 is 1.41. The number of aryl methyl sites for hydroxylation is 1. The first-order valence-electron chi connectivity index (χ1n) is 8.06. The lowest BCUT2D eigenvalue weighted by Gasteiger charge is -2.09. The predicted octanol–water partition coefficient (Wildman–Crippen LogP) is 3.79. The molecule has 2 aromatic heterocycles. The van der Waals surface area contributed by atoms with Crippen LogP contribution in [0.4, 0.5) is 5.13 Å². The summed E-state index contributed by atoms with van der Waals surface area (Å²) in [7, 11) is 3.19. The van der Waals surface area contributed by atoms with E-state index in [2.05, 4.69) is 15.3 Å². The van der Waals surface area contributed by atoms with E-state index in [1.165, 1.54) is 11.3 Å². The molecule has 6 nitrogen and oxygen atoms in total. The van der Waals surface area contributed by atoms with Crippen molar-refractivity contribution in [1.82, 2.24) is 9.97 Å². The molecule has 0 spiro atoms. The SMILES string of the molecule is COc1ccc(CCC(=O)Nc2nc(-c3ccncc3)cs2)cc1OC. The molecule has 2 heterocycles. The summed E-state index contributed by atoms with van der Waals surface area (Å²) < 4.78 is 10.5. The zero-order valence-corrected chi connectivity index (χ0v) is 15.4. The normalized spacial score (nSPS) is 10.4. The molecular weight excluding hydrogens is 350 g/mol. The smallest absolute Gasteiger partial charge is 0.226 e. The van der Waals surface area contributed by atoms with Crippen LogP contribution in [0.2, 0.25) is 0 Å². The van der Waals surface area contributed by atoms with E-state index in [9.17, 15) is 4.79 Å². The Kier molecular flexibility index (Phi) is 5.80. The fraction of sp³-hybridized carbons (Fsp3) is 0.211. The van der Waals surface area contributed by atoms with Gasteiger partial charge in [-0.3, -0.25) is 9.78 Å². The summed E-state index contributed by atoms with van der Waals surface area (Å²) in [5.74, 6) is 1.26. The molecule has 0 radical (unpaired) electrons. The average Bonchev–Trinajstić information content (AvgIpc) is 3.15. The quantitative estimate of drug-likeness (QED) is 0.686. The summed E-state index contributed by atoms with van der Waals surface area (Å²) in [4.78, 5) is 20.6. The van der Waals surface area contributed by atoms with Crippen molar-refractivity contribution in [3.05, 3.63) is 53.7 Å². The number of rotatable bonds is 7. The average molecular weight is 369 g/mol. The molecule has 3 rings (SSSR count). The molecule has 0 aliphatic carbocycles. The molecule has 26 heavy (non-hydrogen) atoms. The molecule has 0 saturated heterocycles. The number of anilines is 1. The van der Waals surface area contributed by atoms with Crippen LogP contribution >= 0.6 is 11.3 Å². The summed E-state index contributed by atoms with van der Waals surface area (Å²) in [5.41, 5.74) is 2.81. The number of nitrogens with zero attached hydrogens (tertiary/aromatic N) is 2. The molecule has 1 aromatic carbocycles. The summed E-state index contributed by atoms with van der Waals surface area (Å²) in [5, 5.41) is 5.36. The second-order valence-corrected chi connectivity index (χ2v) is 6.37. The number of benzene rings is 1. The minimum Gasteiger partial charge on any atom is -0.493 e. The minimum atomic E-state index is -0.0737.